The molecule has 0 radical (unpaired) electrons. The first-order valence-electron chi connectivity index (χ1n) is 5.82. The van der Waals surface area contributed by atoms with E-state index < -0.39 is 18.1 Å². The maximum Gasteiger partial charge on any atom is 0.320 e. The lowest BCUT2D eigenvalue weighted by molar-refractivity contribution is -0.139. The number of methoxy groups -OCH3 is 1. The molecule has 0 saturated heterocycles. The van der Waals surface area contributed by atoms with Crippen LogP contribution in [-0.4, -0.2) is 61.8 Å². The lowest BCUT2D eigenvalue weighted by Gasteiger charge is -2.16. The molecule has 102 valence electrons. The fourth-order valence-corrected chi connectivity index (χ4v) is 1.30. The summed E-state index contributed by atoms with van der Waals surface area (Å²) in [6.45, 7) is 3.21. The molecule has 6 nitrogen and oxygen atoms in total. The Morgan fingerprint density at radius 2 is 2.12 bits per heavy atom. The molecule has 0 saturated carbocycles. The number of hydrogen-bond donors (Lipinski definition) is 3. The van der Waals surface area contributed by atoms with E-state index in [2.05, 4.69) is 5.32 Å². The van der Waals surface area contributed by atoms with Gasteiger partial charge in [0.2, 0.25) is 0 Å². The summed E-state index contributed by atoms with van der Waals surface area (Å²) in [4.78, 5) is 10.8. The van der Waals surface area contributed by atoms with Crippen LogP contribution in [0.2, 0.25) is 0 Å². The minimum atomic E-state index is -0.889. The van der Waals surface area contributed by atoms with Crippen molar-refractivity contribution in [3.8, 4) is 0 Å². The number of aliphatic carboxylic acids is 1. The van der Waals surface area contributed by atoms with Crippen LogP contribution >= 0.6 is 0 Å². The van der Waals surface area contributed by atoms with Gasteiger partial charge in [0.15, 0.2) is 0 Å². The van der Waals surface area contributed by atoms with Gasteiger partial charge in [-0.3, -0.25) is 4.79 Å². The van der Waals surface area contributed by atoms with E-state index in [9.17, 15) is 9.90 Å². The molecular formula is C11H23NO5. The topological polar surface area (TPSA) is 88.0 Å². The maximum atomic E-state index is 10.8. The Bertz CT molecular complexity index is 200. The van der Waals surface area contributed by atoms with E-state index in [4.69, 9.17) is 14.6 Å². The first kappa shape index (κ1) is 16.3. The highest BCUT2D eigenvalue weighted by molar-refractivity contribution is 5.73. The van der Waals surface area contributed by atoms with Crippen LogP contribution in [-0.2, 0) is 14.3 Å². The molecule has 2 unspecified atom stereocenters. The largest absolute Gasteiger partial charge is 0.480 e. The van der Waals surface area contributed by atoms with E-state index in [1.165, 1.54) is 0 Å². The van der Waals surface area contributed by atoms with Gasteiger partial charge in [-0.05, 0) is 6.42 Å². The average Bonchev–Trinajstić information content (AvgIpc) is 2.29. The zero-order chi connectivity index (χ0) is 13.1. The van der Waals surface area contributed by atoms with Gasteiger partial charge < -0.3 is 25.0 Å². The molecule has 0 spiro atoms. The smallest absolute Gasteiger partial charge is 0.320 e. The van der Waals surface area contributed by atoms with Crippen molar-refractivity contribution in [3.05, 3.63) is 0 Å². The highest BCUT2D eigenvalue weighted by Gasteiger charge is 2.16. The van der Waals surface area contributed by atoms with Crippen molar-refractivity contribution in [2.24, 2.45) is 0 Å². The molecule has 0 aliphatic rings. The fourth-order valence-electron chi connectivity index (χ4n) is 1.30. The fraction of sp³-hybridized carbons (Fsp3) is 0.909. The summed E-state index contributed by atoms with van der Waals surface area (Å²) < 4.78 is 9.91. The number of rotatable bonds is 11. The number of ether oxygens (including phenoxy) is 2. The first-order chi connectivity index (χ1) is 8.11. The van der Waals surface area contributed by atoms with Crippen LogP contribution in [0.3, 0.4) is 0 Å². The lowest BCUT2D eigenvalue weighted by atomic mass is 10.1. The van der Waals surface area contributed by atoms with E-state index >= 15 is 0 Å². The van der Waals surface area contributed by atoms with Crippen LogP contribution in [0, 0.1) is 0 Å². The Morgan fingerprint density at radius 3 is 2.65 bits per heavy atom. The van der Waals surface area contributed by atoms with E-state index in [1.54, 1.807) is 7.11 Å². The number of carboxylic acids is 1. The molecule has 6 heteroatoms. The van der Waals surface area contributed by atoms with E-state index in [-0.39, 0.29) is 13.2 Å². The van der Waals surface area contributed by atoms with Crippen molar-refractivity contribution in [3.63, 3.8) is 0 Å². The van der Waals surface area contributed by atoms with Gasteiger partial charge in [-0.15, -0.1) is 0 Å². The van der Waals surface area contributed by atoms with Crippen molar-refractivity contribution in [1.82, 2.24) is 5.32 Å². The highest BCUT2D eigenvalue weighted by Crippen LogP contribution is 1.97. The minimum absolute atomic E-state index is 0.175. The standard InChI is InChI=1S/C11H23NO5/c1-3-4-10(11(14)15)12-7-9(13)8-17-6-5-16-2/h9-10,12-13H,3-8H2,1-2H3,(H,14,15). The molecule has 0 bridgehead atoms. The van der Waals surface area contributed by atoms with E-state index in [0.717, 1.165) is 6.42 Å². The van der Waals surface area contributed by atoms with Crippen LogP contribution in [0.1, 0.15) is 19.8 Å². The van der Waals surface area contributed by atoms with Crippen LogP contribution in [0.25, 0.3) is 0 Å². The second kappa shape index (κ2) is 10.5. The molecule has 0 aliphatic carbocycles. The van der Waals surface area contributed by atoms with Gasteiger partial charge in [0.1, 0.15) is 6.04 Å². The molecule has 0 aromatic rings. The highest BCUT2D eigenvalue weighted by atomic mass is 16.5. The third-order valence-corrected chi connectivity index (χ3v) is 2.22. The van der Waals surface area contributed by atoms with Gasteiger partial charge in [-0.25, -0.2) is 0 Å². The zero-order valence-electron chi connectivity index (χ0n) is 10.5. The number of aliphatic hydroxyl groups excluding tert-OH is 1. The monoisotopic (exact) mass is 249 g/mol. The summed E-state index contributed by atoms with van der Waals surface area (Å²) in [6.07, 6.45) is 0.627. The predicted octanol–water partition coefficient (Wildman–Crippen LogP) is -0.147. The van der Waals surface area contributed by atoms with Crippen LogP contribution in [0.5, 0.6) is 0 Å². The zero-order valence-corrected chi connectivity index (χ0v) is 10.5. The second-order valence-electron chi connectivity index (χ2n) is 3.81. The first-order valence-corrected chi connectivity index (χ1v) is 5.82. The molecule has 17 heavy (non-hydrogen) atoms. The summed E-state index contributed by atoms with van der Waals surface area (Å²) in [7, 11) is 1.57. The van der Waals surface area contributed by atoms with E-state index in [1.807, 2.05) is 6.92 Å². The van der Waals surface area contributed by atoms with Crippen molar-refractivity contribution < 1.29 is 24.5 Å². The van der Waals surface area contributed by atoms with Crippen LogP contribution in [0.15, 0.2) is 0 Å². The van der Waals surface area contributed by atoms with Crippen molar-refractivity contribution in [1.29, 1.82) is 0 Å². The lowest BCUT2D eigenvalue weighted by Crippen LogP contribution is -2.42. The number of carboxylic acid groups (broad SMARTS) is 1. The Kier molecular flexibility index (Phi) is 10.0. The molecule has 2 atom stereocenters. The summed E-state index contributed by atoms with van der Waals surface area (Å²) in [5.41, 5.74) is 0. The van der Waals surface area contributed by atoms with Crippen molar-refractivity contribution in [2.75, 3.05) is 33.5 Å². The minimum Gasteiger partial charge on any atom is -0.480 e. The van der Waals surface area contributed by atoms with Crippen molar-refractivity contribution >= 4 is 5.97 Å². The Morgan fingerprint density at radius 1 is 1.41 bits per heavy atom. The number of hydrogen-bond acceptors (Lipinski definition) is 5. The summed E-state index contributed by atoms with van der Waals surface area (Å²) in [5.74, 6) is -0.889. The number of nitrogens with one attached hydrogen (secondary N) is 1. The molecule has 0 heterocycles. The average molecular weight is 249 g/mol. The van der Waals surface area contributed by atoms with Crippen LogP contribution in [0.4, 0.5) is 0 Å². The third kappa shape index (κ3) is 9.05. The Labute approximate surface area is 102 Å². The van der Waals surface area contributed by atoms with Crippen LogP contribution < -0.4 is 5.32 Å². The Balaban J connectivity index is 3.65. The molecule has 0 aliphatic heterocycles. The molecule has 0 rings (SSSR count). The van der Waals surface area contributed by atoms with Gasteiger partial charge in [-0.2, -0.15) is 0 Å². The molecule has 0 fully saturated rings. The SMILES string of the molecule is CCCC(NCC(O)COCCOC)C(=O)O. The number of carbonyl (C=O) groups is 1. The molecule has 0 aromatic heterocycles. The van der Waals surface area contributed by atoms with E-state index in [0.29, 0.717) is 19.6 Å². The molecule has 0 aromatic carbocycles. The molecular weight excluding hydrogens is 226 g/mol. The van der Waals surface area contributed by atoms with Gasteiger partial charge in [-0.1, -0.05) is 13.3 Å². The van der Waals surface area contributed by atoms with Gasteiger partial charge >= 0.3 is 5.97 Å². The molecule has 3 N–H and O–H groups in total. The summed E-state index contributed by atoms with van der Waals surface area (Å²) in [6, 6.07) is -0.603. The second-order valence-corrected chi connectivity index (χ2v) is 3.81. The number of aliphatic hydroxyl groups is 1. The summed E-state index contributed by atoms with van der Waals surface area (Å²) in [5, 5.41) is 21.2. The van der Waals surface area contributed by atoms with Gasteiger partial charge in [0.05, 0.1) is 25.9 Å². The Hall–Kier alpha value is -0.690. The van der Waals surface area contributed by atoms with Gasteiger partial charge in [0.25, 0.3) is 0 Å². The van der Waals surface area contributed by atoms with Crippen molar-refractivity contribution in [2.45, 2.75) is 31.9 Å². The normalized spacial score (nSPS) is 14.5. The van der Waals surface area contributed by atoms with Gasteiger partial charge in [0, 0.05) is 13.7 Å². The third-order valence-electron chi connectivity index (χ3n) is 2.22. The predicted molar refractivity (Wildman–Crippen MR) is 63.0 cm³/mol. The maximum absolute atomic E-state index is 10.8. The quantitative estimate of drug-likeness (QED) is 0.441. The molecule has 0 amide bonds. The summed E-state index contributed by atoms with van der Waals surface area (Å²) >= 11 is 0.